The molecule has 0 radical (unpaired) electrons. The van der Waals surface area contributed by atoms with Crippen LogP contribution in [0.4, 0.5) is 0 Å². The van der Waals surface area contributed by atoms with Crippen molar-refractivity contribution in [3.05, 3.63) is 60.7 Å². The maximum atomic E-state index is 13.0. The second-order valence-electron chi connectivity index (χ2n) is 5.45. The minimum Gasteiger partial charge on any atom is -0.317 e. The van der Waals surface area contributed by atoms with E-state index >= 15 is 0 Å². The minimum atomic E-state index is -2.42. The molecule has 2 unspecified atom stereocenters. The normalized spacial score (nSPS) is 42.5. The molecule has 2 heterocycles. The summed E-state index contributed by atoms with van der Waals surface area (Å²) in [7, 11) is -4.85. The fourth-order valence-electron chi connectivity index (χ4n) is 3.47. The Morgan fingerprint density at radius 3 is 1.42 bits per heavy atom. The van der Waals surface area contributed by atoms with Crippen LogP contribution >= 0.6 is 14.3 Å². The summed E-state index contributed by atoms with van der Waals surface area (Å²) in [6.07, 6.45) is 0. The second-order valence-corrected chi connectivity index (χ2v) is 12.8. The molecule has 0 aliphatic carbocycles. The largest absolute Gasteiger partial charge is 0.317 e. The van der Waals surface area contributed by atoms with Gasteiger partial charge < -0.3 is 9.13 Å². The number of hydrogen-bond donors (Lipinski definition) is 0. The van der Waals surface area contributed by atoms with Gasteiger partial charge in [-0.1, -0.05) is 60.7 Å². The first-order valence-corrected chi connectivity index (χ1v) is 9.94. The summed E-state index contributed by atoms with van der Waals surface area (Å²) in [4.78, 5) is -0.456. The van der Waals surface area contributed by atoms with E-state index in [2.05, 4.69) is 0 Å². The van der Waals surface area contributed by atoms with Gasteiger partial charge in [-0.3, -0.25) is 0 Å². The molecular weight excluding hydrogens is 274 g/mol. The van der Waals surface area contributed by atoms with Crippen LogP contribution < -0.4 is 10.6 Å². The zero-order valence-corrected chi connectivity index (χ0v) is 12.4. The standard InChI is InChI=1S/C15H14O2P2/c1-15-14(18(15,16)12-8-4-2-5-9-12)19(15,17)13-10-6-3-7-11-13/h2-11,14H,1H3. The van der Waals surface area contributed by atoms with E-state index < -0.39 is 19.2 Å². The maximum Gasteiger partial charge on any atom is 0.141 e. The van der Waals surface area contributed by atoms with Crippen LogP contribution in [-0.2, 0) is 9.13 Å². The van der Waals surface area contributed by atoms with Gasteiger partial charge in [-0.15, -0.1) is 0 Å². The molecule has 2 aliphatic rings. The van der Waals surface area contributed by atoms with Gasteiger partial charge in [0.05, 0.1) is 5.40 Å². The van der Waals surface area contributed by atoms with Crippen molar-refractivity contribution in [1.82, 2.24) is 0 Å². The molecule has 2 nitrogen and oxygen atoms in total. The van der Waals surface area contributed by atoms with Crippen molar-refractivity contribution in [3.8, 4) is 0 Å². The van der Waals surface area contributed by atoms with Crippen LogP contribution in [0.1, 0.15) is 6.92 Å². The molecule has 2 aliphatic heterocycles. The maximum absolute atomic E-state index is 13.0. The Hall–Kier alpha value is -1.10. The summed E-state index contributed by atoms with van der Waals surface area (Å²) in [5.74, 6) is 0. The molecule has 96 valence electrons. The Morgan fingerprint density at radius 2 is 1.11 bits per heavy atom. The van der Waals surface area contributed by atoms with Gasteiger partial charge in [0.1, 0.15) is 19.2 Å². The predicted molar refractivity (Wildman–Crippen MR) is 79.6 cm³/mol. The van der Waals surface area contributed by atoms with Crippen molar-refractivity contribution in [2.75, 3.05) is 0 Å². The highest BCUT2D eigenvalue weighted by Crippen LogP contribution is 3.16. The van der Waals surface area contributed by atoms with Crippen molar-refractivity contribution in [2.45, 2.75) is 17.2 Å². The van der Waals surface area contributed by atoms with Crippen LogP contribution in [0, 0.1) is 0 Å². The number of rotatable bonds is 2. The van der Waals surface area contributed by atoms with Crippen LogP contribution in [-0.4, -0.2) is 10.3 Å². The molecule has 2 fully saturated rings. The summed E-state index contributed by atoms with van der Waals surface area (Å²) in [5.41, 5.74) is 0. The molecule has 19 heavy (non-hydrogen) atoms. The molecular formula is C15H14O2P2. The molecule has 2 saturated heterocycles. The van der Waals surface area contributed by atoms with Crippen molar-refractivity contribution < 1.29 is 9.13 Å². The molecule has 0 N–H and O–H groups in total. The van der Waals surface area contributed by atoms with E-state index in [1.807, 2.05) is 67.6 Å². The Bertz CT molecular complexity index is 691. The van der Waals surface area contributed by atoms with Crippen LogP contribution in [0.15, 0.2) is 60.7 Å². The SMILES string of the molecule is CC12C(P1(=O)c1ccccc1)P2(=O)c1ccccc1. The highest BCUT2D eigenvalue weighted by Gasteiger charge is 3.00. The van der Waals surface area contributed by atoms with Gasteiger partial charge in [0.2, 0.25) is 0 Å². The highest BCUT2D eigenvalue weighted by molar-refractivity contribution is 8.17. The van der Waals surface area contributed by atoms with Crippen molar-refractivity contribution in [3.63, 3.8) is 0 Å². The Balaban J connectivity index is 1.77. The average molecular weight is 288 g/mol. The number of fused-ring (bicyclic) bond motifs is 1. The predicted octanol–water partition coefficient (Wildman–Crippen LogP) is 3.43. The molecule has 4 rings (SSSR count). The lowest BCUT2D eigenvalue weighted by atomic mass is 10.4. The van der Waals surface area contributed by atoms with E-state index in [-0.39, 0.29) is 5.40 Å². The smallest absolute Gasteiger partial charge is 0.141 e. The lowest BCUT2D eigenvalue weighted by Crippen LogP contribution is -2.10. The Labute approximate surface area is 112 Å². The van der Waals surface area contributed by atoms with Crippen LogP contribution in [0.2, 0.25) is 0 Å². The van der Waals surface area contributed by atoms with Crippen molar-refractivity contribution >= 4 is 24.9 Å². The molecule has 0 aromatic heterocycles. The second kappa shape index (κ2) is 3.32. The summed E-state index contributed by atoms with van der Waals surface area (Å²) in [5, 5.41) is 1.69. The van der Waals surface area contributed by atoms with E-state index in [9.17, 15) is 9.13 Å². The Morgan fingerprint density at radius 1 is 0.789 bits per heavy atom. The first-order valence-electron chi connectivity index (χ1n) is 6.39. The van der Waals surface area contributed by atoms with Gasteiger partial charge in [0.15, 0.2) is 0 Å². The van der Waals surface area contributed by atoms with E-state index in [1.54, 1.807) is 0 Å². The molecule has 0 saturated carbocycles. The van der Waals surface area contributed by atoms with Gasteiger partial charge in [-0.05, 0) is 6.92 Å². The quantitative estimate of drug-likeness (QED) is 0.793. The third kappa shape index (κ3) is 1.08. The number of hydrogen-bond acceptors (Lipinski definition) is 2. The zero-order valence-electron chi connectivity index (χ0n) is 10.6. The molecule has 2 aromatic rings. The Kier molecular flexibility index (Phi) is 2.04. The van der Waals surface area contributed by atoms with Gasteiger partial charge in [0.25, 0.3) is 0 Å². The first-order chi connectivity index (χ1) is 9.08. The lowest BCUT2D eigenvalue weighted by Gasteiger charge is -2.18. The van der Waals surface area contributed by atoms with Gasteiger partial charge in [-0.2, -0.15) is 0 Å². The third-order valence-electron chi connectivity index (χ3n) is 4.67. The summed E-state index contributed by atoms with van der Waals surface area (Å²) >= 11 is 0. The number of benzene rings is 2. The molecule has 0 amide bonds. The van der Waals surface area contributed by atoms with Crippen molar-refractivity contribution in [1.29, 1.82) is 0 Å². The molecule has 0 spiro atoms. The van der Waals surface area contributed by atoms with E-state index in [4.69, 9.17) is 0 Å². The molecule has 4 heteroatoms. The minimum absolute atomic E-state index is 0.0997. The lowest BCUT2D eigenvalue weighted by molar-refractivity contribution is 0.578. The third-order valence-corrected chi connectivity index (χ3v) is 16.0. The van der Waals surface area contributed by atoms with Crippen LogP contribution in [0.5, 0.6) is 0 Å². The fraction of sp³-hybridized carbons (Fsp3) is 0.200. The fourth-order valence-corrected chi connectivity index (χ4v) is 16.5. The average Bonchev–Trinajstić information content (AvgIpc) is 3.22. The monoisotopic (exact) mass is 288 g/mol. The van der Waals surface area contributed by atoms with Gasteiger partial charge >= 0.3 is 0 Å². The van der Waals surface area contributed by atoms with Gasteiger partial charge in [-0.25, -0.2) is 0 Å². The molecule has 0 bridgehead atoms. The topological polar surface area (TPSA) is 34.1 Å². The summed E-state index contributed by atoms with van der Waals surface area (Å²) in [6, 6.07) is 19.1. The summed E-state index contributed by atoms with van der Waals surface area (Å²) in [6.45, 7) is 1.94. The van der Waals surface area contributed by atoms with E-state index in [0.717, 1.165) is 10.6 Å². The van der Waals surface area contributed by atoms with Gasteiger partial charge in [0, 0.05) is 10.6 Å². The van der Waals surface area contributed by atoms with Crippen LogP contribution in [0.25, 0.3) is 0 Å². The highest BCUT2D eigenvalue weighted by atomic mass is 31.3. The van der Waals surface area contributed by atoms with Crippen molar-refractivity contribution in [2.24, 2.45) is 0 Å². The van der Waals surface area contributed by atoms with E-state index in [1.165, 1.54) is 0 Å². The van der Waals surface area contributed by atoms with Crippen LogP contribution in [0.3, 0.4) is 0 Å². The summed E-state index contributed by atoms with van der Waals surface area (Å²) < 4.78 is 26.1. The first kappa shape index (κ1) is 11.7. The molecule has 2 atom stereocenters. The van der Waals surface area contributed by atoms with E-state index in [0.29, 0.717) is 0 Å². The zero-order chi connectivity index (χ0) is 13.3. The molecule has 2 aromatic carbocycles.